The largest absolute Gasteiger partial charge is 0.508 e. The number of carboxylic acid groups (broad SMARTS) is 1. The molecule has 0 saturated carbocycles. The number of nitrogens with two attached hydrogens (primary N) is 3. The Morgan fingerprint density at radius 3 is 2.03 bits per heavy atom. The molecule has 1 rings (SSSR count). The molecule has 0 aromatic heterocycles. The van der Waals surface area contributed by atoms with E-state index in [-0.39, 0.29) is 31.4 Å². The Bertz CT molecular complexity index is 909. The lowest BCUT2D eigenvalue weighted by Gasteiger charge is -2.25. The van der Waals surface area contributed by atoms with Gasteiger partial charge in [-0.3, -0.25) is 24.0 Å². The van der Waals surface area contributed by atoms with E-state index in [9.17, 15) is 29.1 Å². The van der Waals surface area contributed by atoms with Crippen LogP contribution in [0.25, 0.3) is 0 Å². The molecule has 11 N–H and O–H groups in total. The number of benzene rings is 1. The monoisotopic (exact) mass is 508 g/mol. The van der Waals surface area contributed by atoms with Gasteiger partial charge in [0.1, 0.15) is 23.9 Å². The van der Waals surface area contributed by atoms with Crippen LogP contribution in [-0.4, -0.2) is 70.5 Å². The molecular formula is C23H36N6O7. The van der Waals surface area contributed by atoms with Crippen LogP contribution in [0.1, 0.15) is 44.6 Å². The summed E-state index contributed by atoms with van der Waals surface area (Å²) in [6.07, 6.45) is 1.13. The lowest BCUT2D eigenvalue weighted by molar-refractivity contribution is -0.141. The third-order valence-corrected chi connectivity index (χ3v) is 5.36. The minimum atomic E-state index is -1.24. The van der Waals surface area contributed by atoms with Crippen LogP contribution in [0.3, 0.4) is 0 Å². The van der Waals surface area contributed by atoms with Gasteiger partial charge in [-0.1, -0.05) is 12.1 Å². The third kappa shape index (κ3) is 11.1. The van der Waals surface area contributed by atoms with E-state index in [1.165, 1.54) is 19.1 Å². The molecule has 1 aromatic carbocycles. The third-order valence-electron chi connectivity index (χ3n) is 5.36. The van der Waals surface area contributed by atoms with Crippen molar-refractivity contribution in [2.24, 2.45) is 17.2 Å². The highest BCUT2D eigenvalue weighted by Gasteiger charge is 2.29. The molecule has 4 amide bonds. The number of phenolic OH excluding ortho intramolecular Hbond substituents is 1. The van der Waals surface area contributed by atoms with Gasteiger partial charge in [-0.2, -0.15) is 0 Å². The summed E-state index contributed by atoms with van der Waals surface area (Å²) in [5.41, 5.74) is 17.0. The average Bonchev–Trinajstić information content (AvgIpc) is 2.82. The van der Waals surface area contributed by atoms with Crippen molar-refractivity contribution in [3.63, 3.8) is 0 Å². The Morgan fingerprint density at radius 2 is 1.47 bits per heavy atom. The summed E-state index contributed by atoms with van der Waals surface area (Å²) in [7, 11) is 0. The highest BCUT2D eigenvalue weighted by atomic mass is 16.4. The van der Waals surface area contributed by atoms with Crippen molar-refractivity contribution in [1.29, 1.82) is 0 Å². The number of hydrogen-bond donors (Lipinski definition) is 8. The molecule has 4 unspecified atom stereocenters. The fourth-order valence-electron chi connectivity index (χ4n) is 3.19. The summed E-state index contributed by atoms with van der Waals surface area (Å²) in [4.78, 5) is 60.6. The van der Waals surface area contributed by atoms with Gasteiger partial charge in [0.05, 0.1) is 6.04 Å². The average molecular weight is 509 g/mol. The van der Waals surface area contributed by atoms with Crippen LogP contribution in [0.5, 0.6) is 5.75 Å². The second-order valence-electron chi connectivity index (χ2n) is 8.46. The Hall–Kier alpha value is -3.71. The molecule has 0 radical (unpaired) electrons. The highest BCUT2D eigenvalue weighted by Crippen LogP contribution is 2.12. The first kappa shape index (κ1) is 30.3. The molecule has 0 fully saturated rings. The van der Waals surface area contributed by atoms with E-state index in [2.05, 4.69) is 16.0 Å². The zero-order valence-corrected chi connectivity index (χ0v) is 20.2. The molecule has 0 heterocycles. The van der Waals surface area contributed by atoms with Gasteiger partial charge in [-0.05, 0) is 56.8 Å². The van der Waals surface area contributed by atoms with Crippen LogP contribution in [0, 0.1) is 0 Å². The molecular weight excluding hydrogens is 472 g/mol. The van der Waals surface area contributed by atoms with Crippen molar-refractivity contribution in [3.05, 3.63) is 29.8 Å². The quantitative estimate of drug-likeness (QED) is 0.117. The van der Waals surface area contributed by atoms with Crippen molar-refractivity contribution in [3.8, 4) is 5.75 Å². The number of amides is 4. The molecule has 0 aliphatic carbocycles. The number of primary amides is 1. The molecule has 0 spiro atoms. The smallest absolute Gasteiger partial charge is 0.325 e. The van der Waals surface area contributed by atoms with E-state index in [1.54, 1.807) is 12.1 Å². The van der Waals surface area contributed by atoms with Crippen LogP contribution in [0.2, 0.25) is 0 Å². The maximum atomic E-state index is 13.2. The summed E-state index contributed by atoms with van der Waals surface area (Å²) >= 11 is 0. The minimum Gasteiger partial charge on any atom is -0.508 e. The molecule has 200 valence electrons. The van der Waals surface area contributed by atoms with Crippen LogP contribution in [0.4, 0.5) is 0 Å². The number of unbranched alkanes of at least 4 members (excludes halogenated alkanes) is 1. The van der Waals surface area contributed by atoms with Gasteiger partial charge in [-0.25, -0.2) is 0 Å². The molecule has 1 aromatic rings. The highest BCUT2D eigenvalue weighted by molar-refractivity contribution is 5.94. The van der Waals surface area contributed by atoms with Crippen molar-refractivity contribution in [2.75, 3.05) is 6.54 Å². The fraction of sp³-hybridized carbons (Fsp3) is 0.522. The Balaban J connectivity index is 3.07. The van der Waals surface area contributed by atoms with Crippen LogP contribution in [0.15, 0.2) is 24.3 Å². The molecule has 0 aliphatic rings. The van der Waals surface area contributed by atoms with Crippen LogP contribution in [-0.2, 0) is 30.4 Å². The van der Waals surface area contributed by atoms with E-state index in [1.807, 2.05) is 0 Å². The predicted molar refractivity (Wildman–Crippen MR) is 130 cm³/mol. The number of aliphatic carboxylic acids is 1. The van der Waals surface area contributed by atoms with E-state index in [0.717, 1.165) is 0 Å². The molecule has 36 heavy (non-hydrogen) atoms. The fourth-order valence-corrected chi connectivity index (χ4v) is 3.19. The summed E-state index contributed by atoms with van der Waals surface area (Å²) < 4.78 is 0. The number of nitrogens with one attached hydrogen (secondary N) is 3. The van der Waals surface area contributed by atoms with Gasteiger partial charge in [-0.15, -0.1) is 0 Å². The van der Waals surface area contributed by atoms with E-state index in [4.69, 9.17) is 22.3 Å². The summed E-state index contributed by atoms with van der Waals surface area (Å²) in [5, 5.41) is 26.1. The Kier molecular flexibility index (Phi) is 12.9. The number of carbonyl (C=O) groups is 5. The molecule has 13 nitrogen and oxygen atoms in total. The van der Waals surface area contributed by atoms with Gasteiger partial charge in [0, 0.05) is 12.8 Å². The summed E-state index contributed by atoms with van der Waals surface area (Å²) in [6, 6.07) is 1.44. The summed E-state index contributed by atoms with van der Waals surface area (Å²) in [5.74, 6) is -3.94. The summed E-state index contributed by atoms with van der Waals surface area (Å²) in [6.45, 7) is 1.66. The van der Waals surface area contributed by atoms with Gasteiger partial charge in [0.15, 0.2) is 0 Å². The second-order valence-corrected chi connectivity index (χ2v) is 8.46. The zero-order chi connectivity index (χ0) is 27.3. The normalized spacial score (nSPS) is 14.1. The molecule has 0 bridgehead atoms. The van der Waals surface area contributed by atoms with Gasteiger partial charge in [0.2, 0.25) is 23.6 Å². The Labute approximate surface area is 209 Å². The van der Waals surface area contributed by atoms with Crippen molar-refractivity contribution in [1.82, 2.24) is 16.0 Å². The molecule has 13 heteroatoms. The van der Waals surface area contributed by atoms with E-state index in [0.29, 0.717) is 24.9 Å². The van der Waals surface area contributed by atoms with Gasteiger partial charge < -0.3 is 43.4 Å². The molecule has 0 aliphatic heterocycles. The number of hydrogen-bond acceptors (Lipinski definition) is 8. The first-order chi connectivity index (χ1) is 16.9. The van der Waals surface area contributed by atoms with Gasteiger partial charge >= 0.3 is 5.97 Å². The van der Waals surface area contributed by atoms with Gasteiger partial charge in [0.25, 0.3) is 0 Å². The number of rotatable bonds is 16. The number of carboxylic acids is 1. The predicted octanol–water partition coefficient (Wildman–Crippen LogP) is -1.78. The van der Waals surface area contributed by atoms with E-state index >= 15 is 0 Å². The molecule has 4 atom stereocenters. The maximum Gasteiger partial charge on any atom is 0.325 e. The standard InChI is InChI=1S/C23H36N6O7/c1-13(23(35)36)27-21(33)17(4-2-3-11-24)28-22(34)18(12-14-5-7-15(30)8-6-14)29-20(32)16(25)9-10-19(26)31/h5-8,13,16-18,30H,2-4,9-12,24-25H2,1H3,(H2,26,31)(H,27,33)(H,28,34)(H,29,32)(H,35,36). The topological polar surface area (TPSA) is 240 Å². The maximum absolute atomic E-state index is 13.2. The first-order valence-corrected chi connectivity index (χ1v) is 11.6. The SMILES string of the molecule is CC(NC(=O)C(CCCCN)NC(=O)C(Cc1ccc(O)cc1)NC(=O)C(N)CCC(N)=O)C(=O)O. The second kappa shape index (κ2) is 15.3. The zero-order valence-electron chi connectivity index (χ0n) is 20.2. The van der Waals surface area contributed by atoms with Crippen molar-refractivity contribution in [2.45, 2.75) is 69.6 Å². The van der Waals surface area contributed by atoms with Crippen LogP contribution >= 0.6 is 0 Å². The Morgan fingerprint density at radius 1 is 0.889 bits per heavy atom. The number of aromatic hydroxyl groups is 1. The lowest BCUT2D eigenvalue weighted by atomic mass is 10.0. The van der Waals surface area contributed by atoms with Crippen molar-refractivity contribution < 1.29 is 34.2 Å². The number of phenols is 1. The lowest BCUT2D eigenvalue weighted by Crippen LogP contribution is -2.57. The minimum absolute atomic E-state index is 0.00304. The van der Waals surface area contributed by atoms with E-state index < -0.39 is 53.8 Å². The van der Waals surface area contributed by atoms with Crippen molar-refractivity contribution >= 4 is 29.6 Å². The first-order valence-electron chi connectivity index (χ1n) is 11.6. The number of carbonyl (C=O) groups excluding carboxylic acids is 4. The molecule has 0 saturated heterocycles. The van der Waals surface area contributed by atoms with Crippen LogP contribution < -0.4 is 33.2 Å².